The summed E-state index contributed by atoms with van der Waals surface area (Å²) in [4.78, 5) is -0.573. The number of nitrogens with zero attached hydrogens (tertiary/aromatic N) is 3. The van der Waals surface area contributed by atoms with E-state index in [0.717, 1.165) is 6.07 Å². The van der Waals surface area contributed by atoms with Crippen LogP contribution in [0.15, 0.2) is 21.5 Å². The van der Waals surface area contributed by atoms with Crippen LogP contribution in [0.2, 0.25) is 0 Å². The molecular weight excluding hydrogens is 369 g/mol. The molecule has 0 amide bonds. The number of H-pyrrole nitrogens is 1. The summed E-state index contributed by atoms with van der Waals surface area (Å²) in [5.74, 6) is -0.884. The van der Waals surface area contributed by atoms with Gasteiger partial charge in [0.1, 0.15) is 10.7 Å². The zero-order valence-corrected chi connectivity index (χ0v) is 13.1. The number of aliphatic hydroxyl groups is 1. The van der Waals surface area contributed by atoms with E-state index in [1.807, 2.05) is 0 Å². The molecule has 1 aromatic heterocycles. The van der Waals surface area contributed by atoms with Crippen LogP contribution in [0.25, 0.3) is 0 Å². The zero-order valence-electron chi connectivity index (χ0n) is 10.7. The van der Waals surface area contributed by atoms with Crippen LogP contribution in [0.3, 0.4) is 0 Å². The fraction of sp³-hybridized carbons (Fsp3) is 0.300. The summed E-state index contributed by atoms with van der Waals surface area (Å²) in [7, 11) is -4.16. The maximum atomic E-state index is 14.1. The van der Waals surface area contributed by atoms with Crippen LogP contribution in [0, 0.1) is 5.82 Å². The minimum atomic E-state index is -4.16. The topological polar surface area (TPSA) is 121 Å². The molecule has 2 rings (SSSR count). The smallest absolute Gasteiger partial charge is 0.244 e. The molecule has 1 unspecified atom stereocenters. The van der Waals surface area contributed by atoms with Gasteiger partial charge in [0.25, 0.3) is 0 Å². The van der Waals surface area contributed by atoms with Gasteiger partial charge in [0.2, 0.25) is 10.0 Å². The Labute approximate surface area is 127 Å². The van der Waals surface area contributed by atoms with Crippen molar-refractivity contribution < 1.29 is 17.9 Å². The highest BCUT2D eigenvalue weighted by atomic mass is 79.9. The van der Waals surface area contributed by atoms with E-state index in [9.17, 15) is 12.8 Å². The van der Waals surface area contributed by atoms with E-state index >= 15 is 0 Å². The highest BCUT2D eigenvalue weighted by molar-refractivity contribution is 9.10. The molecule has 2 aromatic rings. The van der Waals surface area contributed by atoms with Crippen molar-refractivity contribution in [1.82, 2.24) is 25.3 Å². The summed E-state index contributed by atoms with van der Waals surface area (Å²) in [5.41, 5.74) is -0.128. The monoisotopic (exact) mass is 379 g/mol. The lowest BCUT2D eigenvalue weighted by atomic mass is 10.2. The quantitative estimate of drug-likeness (QED) is 0.700. The summed E-state index contributed by atoms with van der Waals surface area (Å²) < 4.78 is 41.1. The maximum Gasteiger partial charge on any atom is 0.244 e. The minimum absolute atomic E-state index is 0.122. The van der Waals surface area contributed by atoms with E-state index in [1.165, 1.54) is 13.0 Å². The Morgan fingerprint density at radius 2 is 2.24 bits per heavy atom. The van der Waals surface area contributed by atoms with Crippen LogP contribution in [-0.4, -0.2) is 34.1 Å². The van der Waals surface area contributed by atoms with Gasteiger partial charge in [-0.15, -0.1) is 10.2 Å². The normalized spacial score (nSPS) is 13.3. The Bertz CT molecular complexity index is 737. The fourth-order valence-electron chi connectivity index (χ4n) is 1.63. The molecule has 114 valence electrons. The lowest BCUT2D eigenvalue weighted by molar-refractivity contribution is 0.274. The molecule has 0 radical (unpaired) electrons. The van der Waals surface area contributed by atoms with Crippen molar-refractivity contribution in [3.8, 4) is 0 Å². The van der Waals surface area contributed by atoms with Crippen LogP contribution in [0.4, 0.5) is 4.39 Å². The molecule has 11 heteroatoms. The van der Waals surface area contributed by atoms with Crippen molar-refractivity contribution in [1.29, 1.82) is 0 Å². The van der Waals surface area contributed by atoms with Crippen LogP contribution < -0.4 is 4.72 Å². The predicted molar refractivity (Wildman–Crippen MR) is 72.9 cm³/mol. The third-order valence-corrected chi connectivity index (χ3v) is 4.62. The van der Waals surface area contributed by atoms with Crippen molar-refractivity contribution in [2.45, 2.75) is 24.5 Å². The highest BCUT2D eigenvalue weighted by Crippen LogP contribution is 2.25. The fourth-order valence-corrected chi connectivity index (χ4v) is 3.63. The molecule has 0 aliphatic carbocycles. The number of rotatable bonds is 5. The van der Waals surface area contributed by atoms with Crippen LogP contribution in [0.1, 0.15) is 24.4 Å². The van der Waals surface area contributed by atoms with Gasteiger partial charge in [0.15, 0.2) is 5.82 Å². The van der Waals surface area contributed by atoms with Crippen molar-refractivity contribution >= 4 is 26.0 Å². The molecular formula is C10H11BrFN5O3S. The highest BCUT2D eigenvalue weighted by Gasteiger charge is 2.25. The molecule has 0 aliphatic heterocycles. The van der Waals surface area contributed by atoms with Crippen molar-refractivity contribution in [2.75, 3.05) is 0 Å². The first kappa shape index (κ1) is 15.9. The van der Waals surface area contributed by atoms with E-state index in [0.29, 0.717) is 4.47 Å². The standard InChI is InChI=1S/C10H11BrFN5O3S/c1-5(10-13-16-17-14-10)15-21(19,20)8-3-7(11)2-6(4-18)9(8)12/h2-3,5,15,18H,4H2,1H3,(H,13,14,16,17). The number of hydrogen-bond acceptors (Lipinski definition) is 6. The summed E-state index contributed by atoms with van der Waals surface area (Å²) in [6.07, 6.45) is 0. The largest absolute Gasteiger partial charge is 0.392 e. The number of nitrogens with one attached hydrogen (secondary N) is 2. The van der Waals surface area contributed by atoms with Crippen molar-refractivity contribution in [3.05, 3.63) is 33.8 Å². The molecule has 0 bridgehead atoms. The van der Waals surface area contributed by atoms with E-state index in [1.54, 1.807) is 0 Å². The number of aromatic nitrogens is 4. The lowest BCUT2D eigenvalue weighted by Gasteiger charge is -2.13. The van der Waals surface area contributed by atoms with Crippen LogP contribution >= 0.6 is 15.9 Å². The molecule has 0 fully saturated rings. The second-order valence-electron chi connectivity index (χ2n) is 4.15. The summed E-state index contributed by atoms with van der Waals surface area (Å²) >= 11 is 3.08. The Morgan fingerprint density at radius 1 is 1.52 bits per heavy atom. The van der Waals surface area contributed by atoms with E-state index in [2.05, 4.69) is 41.3 Å². The second-order valence-corrected chi connectivity index (χ2v) is 6.75. The van der Waals surface area contributed by atoms with Crippen LogP contribution in [-0.2, 0) is 16.6 Å². The first-order valence-corrected chi connectivity index (χ1v) is 7.97. The number of benzene rings is 1. The molecule has 1 atom stereocenters. The molecule has 0 saturated heterocycles. The summed E-state index contributed by atoms with van der Waals surface area (Å²) in [6.45, 7) is 0.874. The van der Waals surface area contributed by atoms with Gasteiger partial charge in [-0.3, -0.25) is 0 Å². The molecule has 1 aromatic carbocycles. The molecule has 21 heavy (non-hydrogen) atoms. The van der Waals surface area contributed by atoms with Gasteiger partial charge in [0, 0.05) is 10.0 Å². The average molecular weight is 380 g/mol. The Kier molecular flexibility index (Phi) is 4.66. The first-order chi connectivity index (χ1) is 9.85. The van der Waals surface area contributed by atoms with Gasteiger partial charge in [-0.25, -0.2) is 17.5 Å². The van der Waals surface area contributed by atoms with E-state index in [4.69, 9.17) is 5.11 Å². The predicted octanol–water partition coefficient (Wildman–Crippen LogP) is 0.633. The summed E-state index contributed by atoms with van der Waals surface area (Å²) in [6, 6.07) is 1.61. The molecule has 0 aliphatic rings. The second kappa shape index (κ2) is 6.13. The molecule has 0 saturated carbocycles. The van der Waals surface area contributed by atoms with Crippen molar-refractivity contribution in [3.63, 3.8) is 0 Å². The SMILES string of the molecule is CC(NS(=O)(=O)c1cc(Br)cc(CO)c1F)c1nn[nH]n1. The van der Waals surface area contributed by atoms with Gasteiger partial charge in [-0.05, 0) is 19.1 Å². The van der Waals surface area contributed by atoms with Gasteiger partial charge >= 0.3 is 0 Å². The molecule has 3 N–H and O–H groups in total. The third kappa shape index (κ3) is 3.43. The van der Waals surface area contributed by atoms with Gasteiger partial charge in [-0.1, -0.05) is 21.1 Å². The molecule has 0 spiro atoms. The number of halogens is 2. The maximum absolute atomic E-state index is 14.1. The van der Waals surface area contributed by atoms with E-state index in [-0.39, 0.29) is 11.4 Å². The number of hydrogen-bond donors (Lipinski definition) is 3. The number of sulfonamides is 1. The third-order valence-electron chi connectivity index (χ3n) is 2.62. The van der Waals surface area contributed by atoms with E-state index < -0.39 is 33.4 Å². The van der Waals surface area contributed by atoms with Crippen molar-refractivity contribution in [2.24, 2.45) is 0 Å². The number of aromatic amines is 1. The van der Waals surface area contributed by atoms with Gasteiger partial charge < -0.3 is 5.11 Å². The average Bonchev–Trinajstić information content (AvgIpc) is 2.94. The Morgan fingerprint density at radius 3 is 2.81 bits per heavy atom. The summed E-state index contributed by atoms with van der Waals surface area (Å²) in [5, 5.41) is 21.9. The zero-order chi connectivity index (χ0) is 15.6. The number of tetrazole rings is 1. The molecule has 8 nitrogen and oxygen atoms in total. The Balaban J connectivity index is 2.38. The first-order valence-electron chi connectivity index (χ1n) is 5.69. The van der Waals surface area contributed by atoms with Crippen LogP contribution in [0.5, 0.6) is 0 Å². The lowest BCUT2D eigenvalue weighted by Crippen LogP contribution is -2.28. The van der Waals surface area contributed by atoms with Gasteiger partial charge in [-0.2, -0.15) is 5.21 Å². The molecule has 1 heterocycles. The van der Waals surface area contributed by atoms with Gasteiger partial charge in [0.05, 0.1) is 12.6 Å². The number of aliphatic hydroxyl groups excluding tert-OH is 1. The Hall–Kier alpha value is -1.43. The minimum Gasteiger partial charge on any atom is -0.392 e.